The summed E-state index contributed by atoms with van der Waals surface area (Å²) in [6.07, 6.45) is 0. The molecular weight excluding hydrogens is 249 g/mol. The molecule has 3 radical (unpaired) electrons. The van der Waals surface area contributed by atoms with Crippen LogP contribution in [-0.4, -0.2) is 0 Å². The molecule has 0 aliphatic heterocycles. The summed E-state index contributed by atoms with van der Waals surface area (Å²) in [6, 6.07) is 0. The zero-order valence-electron chi connectivity index (χ0n) is 1.52. The van der Waals surface area contributed by atoms with Crippen LogP contribution in [0.3, 0.4) is 0 Å². The molecule has 0 aliphatic carbocycles. The van der Waals surface area contributed by atoms with Crippen LogP contribution in [0.15, 0.2) is 0 Å². The van der Waals surface area contributed by atoms with Gasteiger partial charge in [0.1, 0.15) is 0 Å². The van der Waals surface area contributed by atoms with E-state index in [1.165, 1.54) is 0 Å². The van der Waals surface area contributed by atoms with E-state index in [-0.39, 0.29) is 60.4 Å². The Balaban J connectivity index is 0. The van der Waals surface area contributed by atoms with E-state index in [0.29, 0.717) is 0 Å². The van der Waals surface area contributed by atoms with Gasteiger partial charge < -0.3 is 34.0 Å². The Morgan fingerprint density at radius 3 is 0.750 bits per heavy atom. The van der Waals surface area contributed by atoms with Gasteiger partial charge in [-0.05, 0) is 0 Å². The van der Waals surface area contributed by atoms with Gasteiger partial charge in [-0.25, -0.2) is 0 Å². The first-order chi connectivity index (χ1) is 0. The summed E-state index contributed by atoms with van der Waals surface area (Å²) in [4.78, 5) is 0. The monoisotopic (exact) mass is 247 g/mol. The van der Waals surface area contributed by atoms with E-state index in [4.69, 9.17) is 0 Å². The third-order valence-electron chi connectivity index (χ3n) is 0. The summed E-state index contributed by atoms with van der Waals surface area (Å²) in [7, 11) is 0. The minimum absolute atomic E-state index is 0. The molecule has 0 N–H and O–H groups in total. The quantitative estimate of drug-likeness (QED) is 0.298. The predicted octanol–water partition coefficient (Wildman–Crippen LogP) is -5.13. The van der Waals surface area contributed by atoms with E-state index in [1.54, 1.807) is 0 Å². The van der Waals surface area contributed by atoms with Crippen LogP contribution in [0.4, 0.5) is 0 Å². The topological polar surface area (TPSA) is 0 Å². The van der Waals surface area contributed by atoms with E-state index in [0.717, 1.165) is 0 Å². The van der Waals surface area contributed by atoms with Crippen molar-refractivity contribution < 1.29 is 50.5 Å². The molecule has 0 aromatic rings. The number of hydrogen-bond donors (Lipinski definition) is 0. The van der Waals surface area contributed by atoms with E-state index in [9.17, 15) is 0 Å². The molecule has 0 unspecified atom stereocenters. The Kier molecular flexibility index (Phi) is 205. The molecule has 0 atom stereocenters. The molecule has 0 saturated carbocycles. The fraction of sp³-hybridized carbons (Fsp3) is 0. The van der Waals surface area contributed by atoms with Gasteiger partial charge in [-0.1, -0.05) is 0 Å². The van der Waals surface area contributed by atoms with Gasteiger partial charge in [0.25, 0.3) is 0 Å². The Morgan fingerprint density at radius 2 is 0.750 bits per heavy atom. The van der Waals surface area contributed by atoms with Crippen LogP contribution >= 0.6 is 9.90 Å². The van der Waals surface area contributed by atoms with Crippen LogP contribution in [0, 0.1) is 0 Å². The molecule has 0 bridgehead atoms. The van der Waals surface area contributed by atoms with Gasteiger partial charge in [-0.3, -0.25) is 0 Å². The minimum atomic E-state index is 0. The van der Waals surface area contributed by atoms with Crippen molar-refractivity contribution >= 4 is 9.90 Å². The molecule has 0 heterocycles. The average Bonchev–Trinajstić information content (AvgIpc) is 0. The number of halogens is 2. The molecule has 0 aromatic carbocycles. The first kappa shape index (κ1) is 39.6. The van der Waals surface area contributed by atoms with E-state index >= 15 is 0 Å². The Morgan fingerprint density at radius 1 is 0.750 bits per heavy atom. The Hall–Kier alpha value is 1.88. The number of hydrogen-bond acceptors (Lipinski definition) is 0. The van der Waals surface area contributed by atoms with Gasteiger partial charge in [0, 0.05) is 9.90 Å². The van der Waals surface area contributed by atoms with Gasteiger partial charge in [0.05, 0.1) is 0 Å². The van der Waals surface area contributed by atoms with E-state index in [2.05, 4.69) is 0 Å². The number of rotatable bonds is 0. The van der Waals surface area contributed by atoms with Crippen molar-refractivity contribution in [3.05, 3.63) is 0 Å². The summed E-state index contributed by atoms with van der Waals surface area (Å²) in [5, 5.41) is 0. The maximum Gasteiger partial charge on any atom is 2.00 e. The molecule has 4 heavy (non-hydrogen) atoms. The molecule has 0 amide bonds. The maximum absolute atomic E-state index is 0. The first-order valence-corrected chi connectivity index (χ1v) is 0. The fourth-order valence-electron chi connectivity index (χ4n) is 0. The van der Waals surface area contributed by atoms with Crippen molar-refractivity contribution in [2.75, 3.05) is 0 Å². The second-order valence-electron chi connectivity index (χ2n) is 0. The summed E-state index contributed by atoms with van der Waals surface area (Å²) >= 11 is 0. The smallest absolute Gasteiger partial charge is 1.00 e. The van der Waals surface area contributed by atoms with Crippen LogP contribution in [0.5, 0.6) is 0 Å². The predicted molar refractivity (Wildman–Crippen MR) is 6.92 cm³/mol. The van der Waals surface area contributed by atoms with Crippen molar-refractivity contribution in [1.29, 1.82) is 0 Å². The van der Waals surface area contributed by atoms with Crippen molar-refractivity contribution in [1.82, 2.24) is 0 Å². The SMILES string of the molecule is [Br-].[Br-].[Ni+2].[P]. The molecule has 0 rings (SSSR count). The standard InChI is InChI=1S/2BrH.Ni.P/h2*1H;;/q;;+2;/p-2. The second kappa shape index (κ2) is 20.8. The molecule has 0 nitrogen and oxygen atoms in total. The van der Waals surface area contributed by atoms with Gasteiger partial charge >= 0.3 is 16.5 Å². The Labute approximate surface area is 60.2 Å². The van der Waals surface area contributed by atoms with Crippen LogP contribution in [0.1, 0.15) is 0 Å². The fourth-order valence-corrected chi connectivity index (χ4v) is 0. The molecule has 4 heteroatoms. The van der Waals surface area contributed by atoms with Crippen molar-refractivity contribution in [3.8, 4) is 0 Å². The first-order valence-electron chi connectivity index (χ1n) is 0. The van der Waals surface area contributed by atoms with Crippen molar-refractivity contribution in [2.45, 2.75) is 0 Å². The van der Waals surface area contributed by atoms with Gasteiger partial charge in [0.15, 0.2) is 0 Å². The minimum Gasteiger partial charge on any atom is -1.00 e. The van der Waals surface area contributed by atoms with E-state index < -0.39 is 0 Å². The molecule has 0 fully saturated rings. The summed E-state index contributed by atoms with van der Waals surface area (Å²) in [5.74, 6) is 0. The molecule has 0 aliphatic rings. The molecule has 0 saturated heterocycles. The second-order valence-corrected chi connectivity index (χ2v) is 0. The summed E-state index contributed by atoms with van der Waals surface area (Å²) in [6.45, 7) is 0. The maximum atomic E-state index is 0. The summed E-state index contributed by atoms with van der Waals surface area (Å²) < 4.78 is 0. The zero-order valence-corrected chi connectivity index (χ0v) is 6.57. The van der Waals surface area contributed by atoms with Gasteiger partial charge in [-0.2, -0.15) is 0 Å². The molecular formula is Br2NiP. The molecule has 29 valence electrons. The zero-order chi connectivity index (χ0) is 0. The van der Waals surface area contributed by atoms with Gasteiger partial charge in [-0.15, -0.1) is 0 Å². The largest absolute Gasteiger partial charge is 2.00 e. The molecule has 0 aromatic heterocycles. The normalized spacial score (nSPS) is 0. The van der Waals surface area contributed by atoms with Gasteiger partial charge in [0.2, 0.25) is 0 Å². The van der Waals surface area contributed by atoms with E-state index in [1.807, 2.05) is 0 Å². The average molecular weight is 249 g/mol. The summed E-state index contributed by atoms with van der Waals surface area (Å²) in [5.41, 5.74) is 0. The van der Waals surface area contributed by atoms with Crippen LogP contribution < -0.4 is 34.0 Å². The van der Waals surface area contributed by atoms with Crippen molar-refractivity contribution in [2.24, 2.45) is 0 Å². The molecule has 0 spiro atoms. The van der Waals surface area contributed by atoms with Crippen molar-refractivity contribution in [3.63, 3.8) is 0 Å². The third-order valence-corrected chi connectivity index (χ3v) is 0. The Bertz CT molecular complexity index is 6.00. The third kappa shape index (κ3) is 9.10. The van der Waals surface area contributed by atoms with Crippen LogP contribution in [0.25, 0.3) is 0 Å². The van der Waals surface area contributed by atoms with Crippen LogP contribution in [-0.2, 0) is 16.5 Å². The van der Waals surface area contributed by atoms with Crippen LogP contribution in [0.2, 0.25) is 0 Å².